The van der Waals surface area contributed by atoms with Crippen LogP contribution in [0.1, 0.15) is 10.4 Å². The number of carbonyl (C=O) groups excluding carboxylic acids is 1. The molecule has 1 nitrogen and oxygen atoms in total. The highest BCUT2D eigenvalue weighted by Gasteiger charge is 2.02. The van der Waals surface area contributed by atoms with Crippen molar-refractivity contribution in [2.24, 2.45) is 0 Å². The molecular formula is C9H6BrClO. The van der Waals surface area contributed by atoms with E-state index in [0.717, 1.165) is 4.47 Å². The molecule has 3 heteroatoms. The molecule has 0 saturated carbocycles. The molecular weight excluding hydrogens is 239 g/mol. The summed E-state index contributed by atoms with van der Waals surface area (Å²) in [6.45, 7) is 3.39. The maximum atomic E-state index is 11.1. The van der Waals surface area contributed by atoms with Gasteiger partial charge >= 0.3 is 0 Å². The van der Waals surface area contributed by atoms with Gasteiger partial charge in [0.15, 0.2) is 5.78 Å². The van der Waals surface area contributed by atoms with E-state index in [1.54, 1.807) is 18.2 Å². The molecule has 0 fully saturated rings. The molecule has 0 aliphatic carbocycles. The molecule has 0 N–H and O–H groups in total. The van der Waals surface area contributed by atoms with Crippen molar-refractivity contribution in [3.8, 4) is 0 Å². The summed E-state index contributed by atoms with van der Waals surface area (Å²) in [6.07, 6.45) is 1.26. The third kappa shape index (κ3) is 2.19. The van der Waals surface area contributed by atoms with Crippen LogP contribution < -0.4 is 0 Å². The van der Waals surface area contributed by atoms with E-state index in [2.05, 4.69) is 22.5 Å². The molecule has 0 saturated heterocycles. The molecule has 0 heterocycles. The van der Waals surface area contributed by atoms with Gasteiger partial charge in [0.2, 0.25) is 0 Å². The molecule has 0 radical (unpaired) electrons. The molecule has 0 atom stereocenters. The monoisotopic (exact) mass is 244 g/mol. The highest BCUT2D eigenvalue weighted by molar-refractivity contribution is 9.10. The minimum absolute atomic E-state index is 0.127. The van der Waals surface area contributed by atoms with Gasteiger partial charge in [-0.05, 0) is 24.3 Å². The Balaban J connectivity index is 3.17. The Bertz CT molecular complexity index is 313. The van der Waals surface area contributed by atoms with E-state index in [0.29, 0.717) is 10.6 Å². The van der Waals surface area contributed by atoms with E-state index >= 15 is 0 Å². The fourth-order valence-corrected chi connectivity index (χ4v) is 1.67. The first-order valence-electron chi connectivity index (χ1n) is 3.26. The molecule has 1 aromatic rings. The molecule has 1 rings (SSSR count). The van der Waals surface area contributed by atoms with E-state index in [1.165, 1.54) is 6.08 Å². The van der Waals surface area contributed by atoms with Crippen LogP contribution in [0.15, 0.2) is 35.3 Å². The molecule has 0 unspecified atom stereocenters. The molecule has 0 amide bonds. The van der Waals surface area contributed by atoms with E-state index in [9.17, 15) is 4.79 Å². The van der Waals surface area contributed by atoms with E-state index in [-0.39, 0.29) is 5.78 Å². The molecule has 0 aliphatic rings. The normalized spacial score (nSPS) is 9.50. The highest BCUT2D eigenvalue weighted by Crippen LogP contribution is 2.19. The van der Waals surface area contributed by atoms with Gasteiger partial charge in [-0.15, -0.1) is 0 Å². The maximum Gasteiger partial charge on any atom is 0.185 e. The van der Waals surface area contributed by atoms with Gasteiger partial charge in [0.1, 0.15) is 0 Å². The number of hydrogen-bond donors (Lipinski definition) is 0. The Morgan fingerprint density at radius 1 is 1.50 bits per heavy atom. The summed E-state index contributed by atoms with van der Waals surface area (Å²) in [5.41, 5.74) is 0.546. The average molecular weight is 246 g/mol. The average Bonchev–Trinajstić information content (AvgIpc) is 2.01. The van der Waals surface area contributed by atoms with Crippen molar-refractivity contribution >= 4 is 33.3 Å². The summed E-state index contributed by atoms with van der Waals surface area (Å²) >= 11 is 8.97. The van der Waals surface area contributed by atoms with Crippen molar-refractivity contribution in [1.82, 2.24) is 0 Å². The van der Waals surface area contributed by atoms with Crippen molar-refractivity contribution in [2.75, 3.05) is 0 Å². The second kappa shape index (κ2) is 3.87. The quantitative estimate of drug-likeness (QED) is 0.576. The van der Waals surface area contributed by atoms with Crippen LogP contribution >= 0.6 is 27.5 Å². The van der Waals surface area contributed by atoms with Gasteiger partial charge < -0.3 is 0 Å². The lowest BCUT2D eigenvalue weighted by Crippen LogP contribution is -1.92. The fraction of sp³-hybridized carbons (Fsp3) is 0. The molecule has 62 valence electrons. The number of benzene rings is 1. The van der Waals surface area contributed by atoms with Crippen LogP contribution in [-0.2, 0) is 0 Å². The van der Waals surface area contributed by atoms with Gasteiger partial charge in [-0.1, -0.05) is 34.1 Å². The molecule has 0 spiro atoms. The third-order valence-corrected chi connectivity index (χ3v) is 2.01. The fourth-order valence-electron chi connectivity index (χ4n) is 0.814. The van der Waals surface area contributed by atoms with Crippen molar-refractivity contribution in [3.63, 3.8) is 0 Å². The zero-order valence-electron chi connectivity index (χ0n) is 6.18. The lowest BCUT2D eigenvalue weighted by atomic mass is 10.1. The first-order valence-corrected chi connectivity index (χ1v) is 4.43. The topological polar surface area (TPSA) is 17.1 Å². The van der Waals surface area contributed by atoms with Crippen LogP contribution in [0.25, 0.3) is 0 Å². The lowest BCUT2D eigenvalue weighted by molar-refractivity contribution is 0.104. The van der Waals surface area contributed by atoms with Crippen LogP contribution in [0.4, 0.5) is 0 Å². The Labute approximate surface area is 84.2 Å². The Morgan fingerprint density at radius 3 is 2.67 bits per heavy atom. The predicted octanol–water partition coefficient (Wildman–Crippen LogP) is 3.47. The van der Waals surface area contributed by atoms with Crippen LogP contribution in [0.5, 0.6) is 0 Å². The largest absolute Gasteiger partial charge is 0.289 e. The zero-order chi connectivity index (χ0) is 9.14. The molecule has 12 heavy (non-hydrogen) atoms. The third-order valence-electron chi connectivity index (χ3n) is 1.33. The van der Waals surface area contributed by atoms with Crippen LogP contribution in [0, 0.1) is 0 Å². The van der Waals surface area contributed by atoms with E-state index in [1.807, 2.05) is 0 Å². The summed E-state index contributed by atoms with van der Waals surface area (Å²) in [5.74, 6) is -0.127. The minimum Gasteiger partial charge on any atom is -0.289 e. The summed E-state index contributed by atoms with van der Waals surface area (Å²) < 4.78 is 0.792. The number of halogens is 2. The van der Waals surface area contributed by atoms with Crippen molar-refractivity contribution in [1.29, 1.82) is 0 Å². The second-order valence-corrected chi connectivity index (χ2v) is 3.58. The highest BCUT2D eigenvalue weighted by atomic mass is 79.9. The lowest BCUT2D eigenvalue weighted by Gasteiger charge is -1.97. The van der Waals surface area contributed by atoms with Gasteiger partial charge in [-0.3, -0.25) is 4.79 Å². The molecule has 1 aromatic carbocycles. The Hall–Kier alpha value is -0.600. The van der Waals surface area contributed by atoms with Gasteiger partial charge in [0.05, 0.1) is 0 Å². The van der Waals surface area contributed by atoms with Gasteiger partial charge in [0, 0.05) is 15.1 Å². The van der Waals surface area contributed by atoms with Crippen molar-refractivity contribution in [2.45, 2.75) is 0 Å². The maximum absolute atomic E-state index is 11.1. The van der Waals surface area contributed by atoms with Gasteiger partial charge in [-0.2, -0.15) is 0 Å². The number of rotatable bonds is 2. The van der Waals surface area contributed by atoms with E-state index < -0.39 is 0 Å². The van der Waals surface area contributed by atoms with Crippen LogP contribution in [0.3, 0.4) is 0 Å². The van der Waals surface area contributed by atoms with Crippen LogP contribution in [-0.4, -0.2) is 5.78 Å². The smallest absolute Gasteiger partial charge is 0.185 e. The number of allylic oxidation sites excluding steroid dienone is 1. The van der Waals surface area contributed by atoms with Gasteiger partial charge in [-0.25, -0.2) is 0 Å². The van der Waals surface area contributed by atoms with E-state index in [4.69, 9.17) is 11.6 Å². The Kier molecular flexibility index (Phi) is 3.06. The predicted molar refractivity (Wildman–Crippen MR) is 53.7 cm³/mol. The summed E-state index contributed by atoms with van der Waals surface area (Å²) in [6, 6.07) is 5.04. The summed E-state index contributed by atoms with van der Waals surface area (Å²) in [7, 11) is 0. The zero-order valence-corrected chi connectivity index (χ0v) is 8.52. The summed E-state index contributed by atoms with van der Waals surface area (Å²) in [4.78, 5) is 11.1. The van der Waals surface area contributed by atoms with Crippen LogP contribution in [0.2, 0.25) is 5.02 Å². The molecule has 0 aromatic heterocycles. The second-order valence-electron chi connectivity index (χ2n) is 2.23. The summed E-state index contributed by atoms with van der Waals surface area (Å²) in [5, 5.41) is 0.537. The number of ketones is 1. The van der Waals surface area contributed by atoms with Crippen molar-refractivity contribution < 1.29 is 4.79 Å². The van der Waals surface area contributed by atoms with Crippen molar-refractivity contribution in [3.05, 3.63) is 45.9 Å². The number of carbonyl (C=O) groups is 1. The first-order chi connectivity index (χ1) is 5.63. The first kappa shape index (κ1) is 9.49. The molecule has 0 aliphatic heterocycles. The Morgan fingerprint density at radius 2 is 2.17 bits per heavy atom. The SMILES string of the molecule is C=CC(=O)c1cc(Cl)cc(Br)c1. The minimum atomic E-state index is -0.127. The number of hydrogen-bond acceptors (Lipinski definition) is 1. The standard InChI is InChI=1S/C9H6BrClO/c1-2-9(12)6-3-7(10)5-8(11)4-6/h2-5H,1H2. The van der Waals surface area contributed by atoms with Gasteiger partial charge in [0.25, 0.3) is 0 Å². The molecule has 0 bridgehead atoms.